The van der Waals surface area contributed by atoms with Crippen LogP contribution in [-0.2, 0) is 16.0 Å². The molecular weight excluding hydrogens is 320 g/mol. The van der Waals surface area contributed by atoms with E-state index < -0.39 is 5.97 Å². The molecule has 1 amide bonds. The summed E-state index contributed by atoms with van der Waals surface area (Å²) >= 11 is 0. The van der Waals surface area contributed by atoms with Gasteiger partial charge in [-0.2, -0.15) is 0 Å². The molecule has 25 heavy (non-hydrogen) atoms. The third-order valence-corrected chi connectivity index (χ3v) is 6.25. The van der Waals surface area contributed by atoms with Crippen molar-refractivity contribution in [3.8, 4) is 0 Å². The molecule has 6 nitrogen and oxygen atoms in total. The van der Waals surface area contributed by atoms with Crippen LogP contribution in [0.25, 0.3) is 0 Å². The molecule has 1 aromatic rings. The quantitative estimate of drug-likeness (QED) is 0.829. The first-order valence-corrected chi connectivity index (χ1v) is 9.41. The van der Waals surface area contributed by atoms with Crippen LogP contribution < -0.4 is 5.32 Å². The number of aromatic nitrogens is 1. The van der Waals surface area contributed by atoms with E-state index in [2.05, 4.69) is 10.5 Å². The van der Waals surface area contributed by atoms with E-state index in [1.807, 2.05) is 6.92 Å². The van der Waals surface area contributed by atoms with Gasteiger partial charge in [0.2, 0.25) is 0 Å². The van der Waals surface area contributed by atoms with E-state index in [9.17, 15) is 9.59 Å². The van der Waals surface area contributed by atoms with E-state index >= 15 is 0 Å². The zero-order valence-corrected chi connectivity index (χ0v) is 15.0. The maximum atomic E-state index is 12.4. The Morgan fingerprint density at radius 2 is 1.80 bits per heavy atom. The van der Waals surface area contributed by atoms with Crippen molar-refractivity contribution in [1.29, 1.82) is 0 Å². The minimum absolute atomic E-state index is 0.0556. The minimum atomic E-state index is -0.531. The lowest BCUT2D eigenvalue weighted by atomic mass is 9.53. The molecule has 0 radical (unpaired) electrons. The van der Waals surface area contributed by atoms with Crippen LogP contribution >= 0.6 is 0 Å². The first-order valence-electron chi connectivity index (χ1n) is 9.41. The summed E-state index contributed by atoms with van der Waals surface area (Å²) in [6, 6.07) is 0. The highest BCUT2D eigenvalue weighted by Gasteiger charge is 2.51. The fourth-order valence-electron chi connectivity index (χ4n) is 5.72. The van der Waals surface area contributed by atoms with Gasteiger partial charge in [0.05, 0.1) is 5.69 Å². The van der Waals surface area contributed by atoms with Gasteiger partial charge in [0.25, 0.3) is 5.91 Å². The van der Waals surface area contributed by atoms with Crippen molar-refractivity contribution in [2.75, 3.05) is 6.61 Å². The van der Waals surface area contributed by atoms with Crippen molar-refractivity contribution in [2.45, 2.75) is 64.3 Å². The number of nitrogens with one attached hydrogen (secondary N) is 1. The summed E-state index contributed by atoms with van der Waals surface area (Å²) in [5, 5.41) is 7.07. The van der Waals surface area contributed by atoms with Gasteiger partial charge in [-0.05, 0) is 69.6 Å². The zero-order valence-electron chi connectivity index (χ0n) is 15.0. The summed E-state index contributed by atoms with van der Waals surface area (Å²) in [7, 11) is 0. The first-order chi connectivity index (χ1) is 12.0. The summed E-state index contributed by atoms with van der Waals surface area (Å²) in [5.74, 6) is 2.00. The highest BCUT2D eigenvalue weighted by molar-refractivity contribution is 5.93. The fourth-order valence-corrected chi connectivity index (χ4v) is 5.72. The van der Waals surface area contributed by atoms with Gasteiger partial charge in [-0.3, -0.25) is 4.79 Å². The lowest BCUT2D eigenvalue weighted by Crippen LogP contribution is -2.60. The van der Waals surface area contributed by atoms with Gasteiger partial charge >= 0.3 is 5.97 Å². The van der Waals surface area contributed by atoms with Crippen molar-refractivity contribution in [1.82, 2.24) is 10.5 Å². The molecule has 0 aromatic carbocycles. The van der Waals surface area contributed by atoms with Crippen molar-refractivity contribution < 1.29 is 18.8 Å². The molecule has 4 aliphatic rings. The van der Waals surface area contributed by atoms with Crippen LogP contribution in [-0.4, -0.2) is 29.2 Å². The zero-order chi connectivity index (χ0) is 17.6. The van der Waals surface area contributed by atoms with Gasteiger partial charge in [-0.15, -0.1) is 0 Å². The maximum Gasteiger partial charge on any atom is 0.344 e. The summed E-state index contributed by atoms with van der Waals surface area (Å²) < 4.78 is 10.3. The number of carbonyl (C=O) groups excluding carboxylic acids is 2. The van der Waals surface area contributed by atoms with E-state index in [4.69, 9.17) is 9.26 Å². The lowest BCUT2D eigenvalue weighted by molar-refractivity contribution is -0.130. The van der Waals surface area contributed by atoms with E-state index in [0.717, 1.165) is 37.0 Å². The van der Waals surface area contributed by atoms with Gasteiger partial charge in [0.1, 0.15) is 11.3 Å². The molecule has 4 fully saturated rings. The van der Waals surface area contributed by atoms with Crippen LogP contribution in [0.15, 0.2) is 4.52 Å². The number of nitrogens with zero attached hydrogens (tertiary/aromatic N) is 1. The number of hydrogen-bond donors (Lipinski definition) is 1. The molecule has 4 aliphatic carbocycles. The Kier molecular flexibility index (Phi) is 4.08. The number of ether oxygens (including phenoxy) is 1. The summed E-state index contributed by atoms with van der Waals surface area (Å²) in [6.07, 6.45) is 7.83. The molecule has 1 aromatic heterocycles. The Bertz CT molecular complexity index is 658. The third kappa shape index (κ3) is 3.07. The number of rotatable bonds is 5. The second-order valence-corrected chi connectivity index (χ2v) is 8.24. The van der Waals surface area contributed by atoms with Gasteiger partial charge < -0.3 is 14.6 Å². The standard InChI is InChI=1S/C19H26N2O4/c1-3-15-17(11(2)25-21-15)18(23)24-10-16(22)20-19-7-12-4-13(8-19)6-14(5-12)9-19/h12-14H,3-10H2,1-2H3,(H,20,22). The molecule has 6 heteroatoms. The lowest BCUT2D eigenvalue weighted by Gasteiger charge is -2.56. The topological polar surface area (TPSA) is 81.4 Å². The SMILES string of the molecule is CCc1noc(C)c1C(=O)OCC(=O)NC12CC3CC(CC(C3)C1)C2. The maximum absolute atomic E-state index is 12.4. The predicted octanol–water partition coefficient (Wildman–Crippen LogP) is 2.79. The smallest absolute Gasteiger partial charge is 0.344 e. The highest BCUT2D eigenvalue weighted by atomic mass is 16.5. The van der Waals surface area contributed by atoms with Gasteiger partial charge in [-0.1, -0.05) is 12.1 Å². The molecule has 5 rings (SSSR count). The third-order valence-electron chi connectivity index (χ3n) is 6.25. The molecule has 4 bridgehead atoms. The minimum Gasteiger partial charge on any atom is -0.452 e. The second kappa shape index (κ2) is 6.15. The average Bonchev–Trinajstić information content (AvgIpc) is 2.91. The highest BCUT2D eigenvalue weighted by Crippen LogP contribution is 2.55. The van der Waals surface area contributed by atoms with Crippen LogP contribution in [0.4, 0.5) is 0 Å². The van der Waals surface area contributed by atoms with Gasteiger partial charge in [-0.25, -0.2) is 4.79 Å². The monoisotopic (exact) mass is 346 g/mol. The number of esters is 1. The number of amides is 1. The summed E-state index contributed by atoms with van der Waals surface area (Å²) in [6.45, 7) is 3.33. The molecule has 1 N–H and O–H groups in total. The normalized spacial score (nSPS) is 32.6. The molecule has 0 saturated heterocycles. The van der Waals surface area contributed by atoms with Crippen molar-refractivity contribution >= 4 is 11.9 Å². The molecule has 0 spiro atoms. The summed E-state index contributed by atoms with van der Waals surface area (Å²) in [5.41, 5.74) is 0.869. The Balaban J connectivity index is 1.35. The number of aryl methyl sites for hydroxylation is 2. The molecule has 136 valence electrons. The Hall–Kier alpha value is -1.85. The van der Waals surface area contributed by atoms with Gasteiger partial charge in [0, 0.05) is 5.54 Å². The van der Waals surface area contributed by atoms with Gasteiger partial charge in [0.15, 0.2) is 6.61 Å². The molecule has 0 aliphatic heterocycles. The Labute approximate surface area is 147 Å². The fraction of sp³-hybridized carbons (Fsp3) is 0.737. The largest absolute Gasteiger partial charge is 0.452 e. The molecule has 4 saturated carbocycles. The van der Waals surface area contributed by atoms with Crippen molar-refractivity contribution in [3.63, 3.8) is 0 Å². The molecular formula is C19H26N2O4. The summed E-state index contributed by atoms with van der Waals surface area (Å²) in [4.78, 5) is 24.7. The van der Waals surface area contributed by atoms with E-state index in [1.165, 1.54) is 19.3 Å². The van der Waals surface area contributed by atoms with Crippen LogP contribution in [0.1, 0.15) is 67.3 Å². The van der Waals surface area contributed by atoms with E-state index in [0.29, 0.717) is 23.4 Å². The van der Waals surface area contributed by atoms with Crippen LogP contribution in [0.3, 0.4) is 0 Å². The van der Waals surface area contributed by atoms with Crippen LogP contribution in [0.2, 0.25) is 0 Å². The Morgan fingerprint density at radius 1 is 1.20 bits per heavy atom. The molecule has 0 atom stereocenters. The van der Waals surface area contributed by atoms with Crippen LogP contribution in [0.5, 0.6) is 0 Å². The molecule has 1 heterocycles. The van der Waals surface area contributed by atoms with Crippen molar-refractivity contribution in [2.24, 2.45) is 17.8 Å². The predicted molar refractivity (Wildman–Crippen MR) is 89.9 cm³/mol. The Morgan fingerprint density at radius 3 is 2.36 bits per heavy atom. The average molecular weight is 346 g/mol. The van der Waals surface area contributed by atoms with Crippen molar-refractivity contribution in [3.05, 3.63) is 17.0 Å². The van der Waals surface area contributed by atoms with E-state index in [1.54, 1.807) is 6.92 Å². The van der Waals surface area contributed by atoms with E-state index in [-0.39, 0.29) is 18.1 Å². The second-order valence-electron chi connectivity index (χ2n) is 8.24. The first kappa shape index (κ1) is 16.6. The number of carbonyl (C=O) groups is 2. The van der Waals surface area contributed by atoms with Crippen LogP contribution in [0, 0.1) is 24.7 Å². The number of hydrogen-bond acceptors (Lipinski definition) is 5. The molecule has 0 unspecified atom stereocenters.